The maximum atomic E-state index is 12.7. The first-order valence-electron chi connectivity index (χ1n) is 10.2. The van der Waals surface area contributed by atoms with Crippen LogP contribution < -0.4 is 10.6 Å². The van der Waals surface area contributed by atoms with Crippen molar-refractivity contribution in [2.45, 2.75) is 37.1 Å². The Morgan fingerprint density at radius 3 is 2.10 bits per heavy atom. The Labute approximate surface area is 182 Å². The standard InChI is InChI=1S/C22H27N3O5S/c1-16(23-18-8-6-17(7-9-18)22(27)30-2)21(26)24-19-10-12-20(13-11-19)31(28,29)25-14-4-3-5-15-25/h6-13,16,23H,3-5,14-15H2,1-2H3,(H,24,26)/t16-/m1/s1. The number of anilines is 2. The van der Waals surface area contributed by atoms with Gasteiger partial charge in [-0.3, -0.25) is 4.79 Å². The Balaban J connectivity index is 1.59. The summed E-state index contributed by atoms with van der Waals surface area (Å²) in [5.74, 6) is -0.702. The van der Waals surface area contributed by atoms with Crippen molar-refractivity contribution in [3.63, 3.8) is 0 Å². The van der Waals surface area contributed by atoms with Crippen LogP contribution in [0.1, 0.15) is 36.5 Å². The van der Waals surface area contributed by atoms with Gasteiger partial charge in [-0.1, -0.05) is 6.42 Å². The topological polar surface area (TPSA) is 105 Å². The molecule has 2 aromatic rings. The number of esters is 1. The zero-order valence-corrected chi connectivity index (χ0v) is 18.4. The van der Waals surface area contributed by atoms with Crippen LogP contribution in [0.4, 0.5) is 11.4 Å². The number of nitrogens with zero attached hydrogens (tertiary/aromatic N) is 1. The van der Waals surface area contributed by atoms with Gasteiger partial charge < -0.3 is 15.4 Å². The normalized spacial score (nSPS) is 15.7. The summed E-state index contributed by atoms with van der Waals surface area (Å²) in [4.78, 5) is 24.2. The second-order valence-electron chi connectivity index (χ2n) is 7.41. The van der Waals surface area contributed by atoms with Gasteiger partial charge in [0.25, 0.3) is 0 Å². The predicted octanol–water partition coefficient (Wildman–Crippen LogP) is 3.09. The summed E-state index contributed by atoms with van der Waals surface area (Å²) in [5.41, 5.74) is 1.61. The molecule has 3 rings (SSSR count). The zero-order chi connectivity index (χ0) is 22.4. The van der Waals surface area contributed by atoms with Gasteiger partial charge in [0, 0.05) is 24.5 Å². The van der Waals surface area contributed by atoms with E-state index in [-0.39, 0.29) is 10.8 Å². The van der Waals surface area contributed by atoms with E-state index >= 15 is 0 Å². The van der Waals surface area contributed by atoms with Gasteiger partial charge in [-0.2, -0.15) is 4.31 Å². The maximum absolute atomic E-state index is 12.7. The van der Waals surface area contributed by atoms with Gasteiger partial charge in [-0.25, -0.2) is 13.2 Å². The van der Waals surface area contributed by atoms with E-state index < -0.39 is 22.0 Å². The van der Waals surface area contributed by atoms with Crippen molar-refractivity contribution >= 4 is 33.3 Å². The van der Waals surface area contributed by atoms with Crippen LogP contribution in [-0.2, 0) is 19.6 Å². The van der Waals surface area contributed by atoms with Crippen LogP contribution in [0.5, 0.6) is 0 Å². The highest BCUT2D eigenvalue weighted by atomic mass is 32.2. The Kier molecular flexibility index (Phi) is 7.29. The molecule has 1 aliphatic rings. The van der Waals surface area contributed by atoms with Crippen molar-refractivity contribution in [1.82, 2.24) is 4.31 Å². The monoisotopic (exact) mass is 445 g/mol. The number of nitrogens with one attached hydrogen (secondary N) is 2. The van der Waals surface area contributed by atoms with E-state index in [0.717, 1.165) is 19.3 Å². The molecule has 31 heavy (non-hydrogen) atoms. The van der Waals surface area contributed by atoms with Crippen LogP contribution in [0.25, 0.3) is 0 Å². The molecule has 0 aliphatic carbocycles. The van der Waals surface area contributed by atoms with Gasteiger partial charge >= 0.3 is 5.97 Å². The summed E-state index contributed by atoms with van der Waals surface area (Å²) >= 11 is 0. The molecule has 2 N–H and O–H groups in total. The number of carbonyl (C=O) groups excluding carboxylic acids is 2. The summed E-state index contributed by atoms with van der Waals surface area (Å²) < 4.78 is 31.6. The number of hydrogen-bond acceptors (Lipinski definition) is 6. The van der Waals surface area contributed by atoms with E-state index in [1.165, 1.54) is 23.5 Å². The Bertz CT molecular complexity index is 1010. The molecule has 0 radical (unpaired) electrons. The summed E-state index contributed by atoms with van der Waals surface area (Å²) in [6, 6.07) is 12.3. The minimum Gasteiger partial charge on any atom is -0.465 e. The van der Waals surface area contributed by atoms with Crippen molar-refractivity contribution in [2.75, 3.05) is 30.8 Å². The first-order valence-corrected chi connectivity index (χ1v) is 11.6. The van der Waals surface area contributed by atoms with Gasteiger partial charge in [0.05, 0.1) is 17.6 Å². The number of ether oxygens (including phenoxy) is 1. The third-order valence-corrected chi connectivity index (χ3v) is 7.07. The van der Waals surface area contributed by atoms with Crippen molar-refractivity contribution < 1.29 is 22.7 Å². The van der Waals surface area contributed by atoms with Crippen LogP contribution >= 0.6 is 0 Å². The number of piperidine rings is 1. The van der Waals surface area contributed by atoms with E-state index in [9.17, 15) is 18.0 Å². The molecule has 1 fully saturated rings. The van der Waals surface area contributed by atoms with Crippen molar-refractivity contribution in [2.24, 2.45) is 0 Å². The van der Waals surface area contributed by atoms with Gasteiger partial charge in [-0.15, -0.1) is 0 Å². The fraction of sp³-hybridized carbons (Fsp3) is 0.364. The fourth-order valence-corrected chi connectivity index (χ4v) is 4.87. The van der Waals surface area contributed by atoms with E-state index in [0.29, 0.717) is 30.0 Å². The summed E-state index contributed by atoms with van der Waals surface area (Å²) in [7, 11) is -2.18. The Morgan fingerprint density at radius 1 is 0.935 bits per heavy atom. The summed E-state index contributed by atoms with van der Waals surface area (Å²) in [6.07, 6.45) is 2.81. The average molecular weight is 446 g/mol. The lowest BCUT2D eigenvalue weighted by atomic mass is 10.2. The van der Waals surface area contributed by atoms with Crippen LogP contribution in [0.15, 0.2) is 53.4 Å². The first kappa shape index (κ1) is 22.8. The highest BCUT2D eigenvalue weighted by molar-refractivity contribution is 7.89. The van der Waals surface area contributed by atoms with Gasteiger partial charge in [0.1, 0.15) is 6.04 Å². The number of methoxy groups -OCH3 is 1. The highest BCUT2D eigenvalue weighted by Crippen LogP contribution is 2.22. The molecule has 9 heteroatoms. The number of hydrogen-bond donors (Lipinski definition) is 2. The SMILES string of the molecule is COC(=O)c1ccc(N[C@H](C)C(=O)Nc2ccc(S(=O)(=O)N3CCCCC3)cc2)cc1. The number of rotatable bonds is 7. The second kappa shape index (κ2) is 9.93. The molecule has 0 bridgehead atoms. The van der Waals surface area contributed by atoms with Crippen LogP contribution in [0.2, 0.25) is 0 Å². The van der Waals surface area contributed by atoms with Crippen LogP contribution in [-0.4, -0.2) is 50.8 Å². The smallest absolute Gasteiger partial charge is 0.337 e. The minimum atomic E-state index is -3.50. The zero-order valence-electron chi connectivity index (χ0n) is 17.6. The molecule has 1 heterocycles. The molecule has 0 saturated carbocycles. The molecule has 1 atom stereocenters. The molecule has 166 valence electrons. The number of amides is 1. The Hall–Kier alpha value is -2.91. The highest BCUT2D eigenvalue weighted by Gasteiger charge is 2.25. The molecule has 8 nitrogen and oxygen atoms in total. The quantitative estimate of drug-likeness (QED) is 0.635. The fourth-order valence-electron chi connectivity index (χ4n) is 3.35. The third kappa shape index (κ3) is 5.62. The second-order valence-corrected chi connectivity index (χ2v) is 9.35. The van der Waals surface area contributed by atoms with Crippen molar-refractivity contribution in [3.05, 3.63) is 54.1 Å². The van der Waals surface area contributed by atoms with Gasteiger partial charge in [-0.05, 0) is 68.3 Å². The average Bonchev–Trinajstić information content (AvgIpc) is 2.80. The third-order valence-electron chi connectivity index (χ3n) is 5.16. The molecule has 2 aromatic carbocycles. The Morgan fingerprint density at radius 2 is 1.52 bits per heavy atom. The van der Waals surface area contributed by atoms with Crippen molar-refractivity contribution in [3.8, 4) is 0 Å². The number of carbonyl (C=O) groups is 2. The molecule has 1 aliphatic heterocycles. The lowest BCUT2D eigenvalue weighted by Crippen LogP contribution is -2.35. The molecule has 0 aromatic heterocycles. The molecule has 0 spiro atoms. The lowest BCUT2D eigenvalue weighted by molar-refractivity contribution is -0.116. The summed E-state index contributed by atoms with van der Waals surface area (Å²) in [6.45, 7) is 2.80. The molecule has 1 saturated heterocycles. The van der Waals surface area contributed by atoms with E-state index in [2.05, 4.69) is 15.4 Å². The molecular weight excluding hydrogens is 418 g/mol. The molecular formula is C22H27N3O5S. The predicted molar refractivity (Wildman–Crippen MR) is 119 cm³/mol. The van der Waals surface area contributed by atoms with E-state index in [1.54, 1.807) is 43.3 Å². The van der Waals surface area contributed by atoms with Crippen molar-refractivity contribution in [1.29, 1.82) is 0 Å². The number of benzene rings is 2. The largest absolute Gasteiger partial charge is 0.465 e. The van der Waals surface area contributed by atoms with Gasteiger partial charge in [0.2, 0.25) is 15.9 Å². The van der Waals surface area contributed by atoms with Gasteiger partial charge in [0.15, 0.2) is 0 Å². The van der Waals surface area contributed by atoms with E-state index in [1.807, 2.05) is 0 Å². The van der Waals surface area contributed by atoms with E-state index in [4.69, 9.17) is 0 Å². The maximum Gasteiger partial charge on any atom is 0.337 e. The summed E-state index contributed by atoms with van der Waals surface area (Å²) in [5, 5.41) is 5.83. The van der Waals surface area contributed by atoms with Crippen LogP contribution in [0.3, 0.4) is 0 Å². The number of sulfonamides is 1. The minimum absolute atomic E-state index is 0.226. The molecule has 0 unspecified atom stereocenters. The molecule has 1 amide bonds. The van der Waals surface area contributed by atoms with Crippen LogP contribution in [0, 0.1) is 0 Å². The lowest BCUT2D eigenvalue weighted by Gasteiger charge is -2.25. The first-order chi connectivity index (χ1) is 14.8.